The largest absolute Gasteiger partial charge is 0.376 e. The zero-order valence-corrected chi connectivity index (χ0v) is 18.3. The molecule has 7 heteroatoms. The molecule has 1 fully saturated rings. The van der Waals surface area contributed by atoms with Crippen molar-refractivity contribution in [3.8, 4) is 0 Å². The summed E-state index contributed by atoms with van der Waals surface area (Å²) < 4.78 is 25.0. The van der Waals surface area contributed by atoms with Crippen LogP contribution in [0, 0.1) is 6.92 Å². The van der Waals surface area contributed by atoms with Gasteiger partial charge in [-0.3, -0.25) is 4.90 Å². The van der Waals surface area contributed by atoms with Crippen molar-refractivity contribution >= 4 is 26.9 Å². The summed E-state index contributed by atoms with van der Waals surface area (Å²) in [5.41, 5.74) is 5.22. The molecule has 0 radical (unpaired) electrons. The number of sulfonamides is 1. The first-order chi connectivity index (χ1) is 13.3. The Morgan fingerprint density at radius 3 is 2.54 bits per heavy atom. The summed E-state index contributed by atoms with van der Waals surface area (Å²) in [7, 11) is -0.950. The highest BCUT2D eigenvalue weighted by molar-refractivity contribution is 7.88. The van der Waals surface area contributed by atoms with E-state index in [1.54, 1.807) is 4.31 Å². The summed E-state index contributed by atoms with van der Waals surface area (Å²) in [4.78, 5) is 7.33. The molecule has 28 heavy (non-hydrogen) atoms. The highest BCUT2D eigenvalue weighted by Gasteiger charge is 2.25. The molecule has 1 aromatic heterocycles. The topological polar surface area (TPSA) is 43.9 Å². The van der Waals surface area contributed by atoms with Crippen LogP contribution >= 0.6 is 11.3 Å². The maximum Gasteiger partial charge on any atom is 0.211 e. The van der Waals surface area contributed by atoms with Crippen LogP contribution in [0.2, 0.25) is 0 Å². The van der Waals surface area contributed by atoms with E-state index in [1.807, 2.05) is 11.3 Å². The van der Waals surface area contributed by atoms with Gasteiger partial charge in [0.2, 0.25) is 10.0 Å². The lowest BCUT2D eigenvalue weighted by Crippen LogP contribution is -2.47. The lowest BCUT2D eigenvalue weighted by Gasteiger charge is -2.32. The van der Waals surface area contributed by atoms with Crippen LogP contribution < -0.4 is 0 Å². The van der Waals surface area contributed by atoms with Crippen LogP contribution in [0.15, 0.2) is 36.5 Å². The highest BCUT2D eigenvalue weighted by atomic mass is 32.2. The van der Waals surface area contributed by atoms with E-state index < -0.39 is 10.0 Å². The van der Waals surface area contributed by atoms with E-state index in [0.29, 0.717) is 13.1 Å². The van der Waals surface area contributed by atoms with Crippen LogP contribution in [-0.2, 0) is 23.1 Å². The summed E-state index contributed by atoms with van der Waals surface area (Å²) in [6.45, 7) is 6.70. The minimum Gasteiger partial charge on any atom is -0.376 e. The van der Waals surface area contributed by atoms with Crippen LogP contribution in [0.5, 0.6) is 0 Å². The second-order valence-electron chi connectivity index (χ2n) is 7.83. The maximum atomic E-state index is 11.7. The average molecular weight is 418 g/mol. The smallest absolute Gasteiger partial charge is 0.211 e. The fourth-order valence-electron chi connectivity index (χ4n) is 3.96. The fraction of sp³-hybridized carbons (Fsp3) is 0.429. The summed E-state index contributed by atoms with van der Waals surface area (Å²) >= 11 is 1.88. The van der Waals surface area contributed by atoms with Crippen molar-refractivity contribution < 1.29 is 8.42 Å². The predicted molar refractivity (Wildman–Crippen MR) is 116 cm³/mol. The van der Waals surface area contributed by atoms with Gasteiger partial charge in [-0.15, -0.1) is 11.3 Å². The van der Waals surface area contributed by atoms with Crippen LogP contribution in [0.4, 0.5) is 0 Å². The van der Waals surface area contributed by atoms with Gasteiger partial charge in [0.1, 0.15) is 0 Å². The Labute approximate surface area is 171 Å². The van der Waals surface area contributed by atoms with E-state index in [0.717, 1.165) is 26.2 Å². The molecule has 2 aromatic rings. The molecule has 1 aromatic carbocycles. The molecular weight excluding hydrogens is 390 g/mol. The molecule has 2 aliphatic rings. The van der Waals surface area contributed by atoms with Gasteiger partial charge in [-0.1, -0.05) is 29.8 Å². The van der Waals surface area contributed by atoms with Gasteiger partial charge in [-0.05, 0) is 24.1 Å². The molecule has 2 aliphatic heterocycles. The van der Waals surface area contributed by atoms with Crippen molar-refractivity contribution in [2.75, 3.05) is 39.5 Å². The number of aryl methyl sites for hydroxylation is 1. The van der Waals surface area contributed by atoms with Crippen molar-refractivity contribution in [1.29, 1.82) is 0 Å². The minimum absolute atomic E-state index is 0.584. The summed E-state index contributed by atoms with van der Waals surface area (Å²) in [5.74, 6) is 0. The molecule has 0 unspecified atom stereocenters. The zero-order chi connectivity index (χ0) is 19.9. The second kappa shape index (κ2) is 7.63. The van der Waals surface area contributed by atoms with Gasteiger partial charge in [0.05, 0.1) is 6.26 Å². The highest BCUT2D eigenvalue weighted by Crippen LogP contribution is 2.38. The molecule has 5 nitrogen and oxygen atoms in total. The molecule has 0 aliphatic carbocycles. The Morgan fingerprint density at radius 2 is 1.86 bits per heavy atom. The van der Waals surface area contributed by atoms with Crippen molar-refractivity contribution in [3.63, 3.8) is 0 Å². The lowest BCUT2D eigenvalue weighted by atomic mass is 9.98. The average Bonchev–Trinajstić information content (AvgIpc) is 3.02. The van der Waals surface area contributed by atoms with Gasteiger partial charge < -0.3 is 4.90 Å². The van der Waals surface area contributed by atoms with Gasteiger partial charge in [0.25, 0.3) is 0 Å². The van der Waals surface area contributed by atoms with Gasteiger partial charge in [0, 0.05) is 67.8 Å². The molecule has 4 rings (SSSR count). The number of hydrogen-bond acceptors (Lipinski definition) is 5. The van der Waals surface area contributed by atoms with E-state index in [2.05, 4.69) is 60.3 Å². The molecule has 1 saturated heterocycles. The van der Waals surface area contributed by atoms with Crippen molar-refractivity contribution in [2.24, 2.45) is 0 Å². The summed E-state index contributed by atoms with van der Waals surface area (Å²) in [6.07, 6.45) is 3.55. The Bertz CT molecular complexity index is 1000. The Morgan fingerprint density at radius 1 is 1.11 bits per heavy atom. The molecule has 0 atom stereocenters. The van der Waals surface area contributed by atoms with Crippen LogP contribution in [0.3, 0.4) is 0 Å². The molecule has 150 valence electrons. The van der Waals surface area contributed by atoms with Crippen molar-refractivity contribution in [1.82, 2.24) is 14.1 Å². The van der Waals surface area contributed by atoms with E-state index in [9.17, 15) is 8.42 Å². The molecule has 0 N–H and O–H groups in total. The number of piperazine rings is 1. The summed E-state index contributed by atoms with van der Waals surface area (Å²) in [6, 6.07) is 11.0. The van der Waals surface area contributed by atoms with Gasteiger partial charge in [-0.25, -0.2) is 8.42 Å². The van der Waals surface area contributed by atoms with Crippen molar-refractivity contribution in [2.45, 2.75) is 20.0 Å². The quantitative estimate of drug-likeness (QED) is 0.767. The standard InChI is InChI=1S/C21H27N3O2S2/c1-16-5-4-6-17(11-16)20-15-22(2)13-18-12-19(27-21(18)20)14-23-7-9-24(10-8-23)28(3,25)26/h4-6,11-12,15H,7-10,13-14H2,1-3H3. The predicted octanol–water partition coefficient (Wildman–Crippen LogP) is 2.97. The molecule has 0 amide bonds. The third kappa shape index (κ3) is 4.17. The summed E-state index contributed by atoms with van der Waals surface area (Å²) in [5, 5.41) is 0. The Hall–Kier alpha value is -1.67. The van der Waals surface area contributed by atoms with Gasteiger partial charge in [0.15, 0.2) is 0 Å². The third-order valence-corrected chi connectivity index (χ3v) is 7.88. The first-order valence-electron chi connectivity index (χ1n) is 9.58. The Balaban J connectivity index is 1.52. The number of hydrogen-bond donors (Lipinski definition) is 0. The van der Waals surface area contributed by atoms with Crippen molar-refractivity contribution in [3.05, 3.63) is 63.0 Å². The maximum absolute atomic E-state index is 11.7. The number of fused-ring (bicyclic) bond motifs is 1. The third-order valence-electron chi connectivity index (χ3n) is 5.38. The molecular formula is C21H27N3O2S2. The van der Waals surface area contributed by atoms with Crippen LogP contribution in [0.25, 0.3) is 5.57 Å². The number of nitrogens with zero attached hydrogens (tertiary/aromatic N) is 3. The number of rotatable bonds is 4. The van der Waals surface area contributed by atoms with Crippen LogP contribution in [0.1, 0.15) is 26.4 Å². The monoisotopic (exact) mass is 417 g/mol. The number of thiophene rings is 1. The van der Waals surface area contributed by atoms with E-state index >= 15 is 0 Å². The molecule has 0 spiro atoms. The molecule has 0 bridgehead atoms. The Kier molecular flexibility index (Phi) is 5.35. The zero-order valence-electron chi connectivity index (χ0n) is 16.7. The SMILES string of the molecule is Cc1cccc(C2=CN(C)Cc3cc(CN4CCN(S(C)(=O)=O)CC4)sc32)c1. The van der Waals surface area contributed by atoms with E-state index in [-0.39, 0.29) is 0 Å². The first-order valence-corrected chi connectivity index (χ1v) is 12.2. The van der Waals surface area contributed by atoms with Gasteiger partial charge in [-0.2, -0.15) is 4.31 Å². The normalized spacial score (nSPS) is 18.8. The molecule has 3 heterocycles. The molecule has 0 saturated carbocycles. The van der Waals surface area contributed by atoms with E-state index in [4.69, 9.17) is 0 Å². The van der Waals surface area contributed by atoms with Gasteiger partial charge >= 0.3 is 0 Å². The van der Waals surface area contributed by atoms with Crippen LogP contribution in [-0.4, -0.2) is 62.0 Å². The van der Waals surface area contributed by atoms with E-state index in [1.165, 1.54) is 38.3 Å². The fourth-order valence-corrected chi connectivity index (χ4v) is 6.03. The minimum atomic E-state index is -3.08. The second-order valence-corrected chi connectivity index (χ2v) is 11.0. The lowest BCUT2D eigenvalue weighted by molar-refractivity contribution is 0.183. The number of benzene rings is 1. The first kappa shape index (κ1) is 19.6.